The Morgan fingerprint density at radius 1 is 1.60 bits per heavy atom. The maximum Gasteiger partial charge on any atom is 0.340 e. The Morgan fingerprint density at radius 2 is 2.33 bits per heavy atom. The van der Waals surface area contributed by atoms with Gasteiger partial charge in [0, 0.05) is 12.3 Å². The Balaban J connectivity index is 2.73. The van der Waals surface area contributed by atoms with Crippen LogP contribution in [0.4, 0.5) is 5.00 Å². The van der Waals surface area contributed by atoms with E-state index in [9.17, 15) is 9.59 Å². The summed E-state index contributed by atoms with van der Waals surface area (Å²) >= 11 is 6.69. The molecule has 0 fully saturated rings. The largest absolute Gasteiger partial charge is 0.465 e. The van der Waals surface area contributed by atoms with Crippen molar-refractivity contribution >= 4 is 39.8 Å². The highest BCUT2D eigenvalue weighted by Crippen LogP contribution is 2.23. The summed E-state index contributed by atoms with van der Waals surface area (Å²) in [6.07, 6.45) is 0.222. The van der Waals surface area contributed by atoms with Gasteiger partial charge in [0.1, 0.15) is 5.00 Å². The minimum atomic E-state index is -0.461. The van der Waals surface area contributed by atoms with Gasteiger partial charge in [-0.2, -0.15) is 0 Å². The van der Waals surface area contributed by atoms with Gasteiger partial charge in [0.2, 0.25) is 5.91 Å². The minimum Gasteiger partial charge on any atom is -0.465 e. The van der Waals surface area contributed by atoms with Crippen LogP contribution in [0.2, 0.25) is 0 Å². The van der Waals surface area contributed by atoms with E-state index in [1.807, 2.05) is 0 Å². The monoisotopic (exact) mass is 247 g/mol. The summed E-state index contributed by atoms with van der Waals surface area (Å²) in [6.45, 7) is 0. The number of ether oxygens (including phenoxy) is 1. The number of carbonyl (C=O) groups is 2. The number of hydrogen-bond acceptors (Lipinski definition) is 4. The highest BCUT2D eigenvalue weighted by molar-refractivity contribution is 7.14. The van der Waals surface area contributed by atoms with Crippen molar-refractivity contribution in [3.63, 3.8) is 0 Å². The van der Waals surface area contributed by atoms with Gasteiger partial charge in [0.15, 0.2) is 0 Å². The average molecular weight is 248 g/mol. The topological polar surface area (TPSA) is 55.4 Å². The fourth-order valence-corrected chi connectivity index (χ4v) is 1.91. The number of amides is 1. The number of methoxy groups -OCH3 is 1. The van der Waals surface area contributed by atoms with Crippen LogP contribution in [0.15, 0.2) is 11.4 Å². The fourth-order valence-electron chi connectivity index (χ4n) is 0.952. The van der Waals surface area contributed by atoms with Gasteiger partial charge < -0.3 is 10.1 Å². The summed E-state index contributed by atoms with van der Waals surface area (Å²) in [5, 5.41) is 4.81. The number of rotatable bonds is 4. The normalized spacial score (nSPS) is 9.73. The van der Waals surface area contributed by atoms with Crippen molar-refractivity contribution in [2.45, 2.75) is 6.42 Å². The average Bonchev–Trinajstić information content (AvgIpc) is 2.65. The molecule has 1 aromatic heterocycles. The second kappa shape index (κ2) is 5.72. The van der Waals surface area contributed by atoms with E-state index in [4.69, 9.17) is 11.6 Å². The van der Waals surface area contributed by atoms with Crippen molar-refractivity contribution in [2.24, 2.45) is 0 Å². The van der Waals surface area contributed by atoms with Crippen LogP contribution in [0.1, 0.15) is 16.8 Å². The van der Waals surface area contributed by atoms with Crippen molar-refractivity contribution in [1.29, 1.82) is 0 Å². The Morgan fingerprint density at radius 3 is 2.93 bits per heavy atom. The second-order valence-corrected chi connectivity index (χ2v) is 3.94. The lowest BCUT2D eigenvalue weighted by molar-refractivity contribution is -0.115. The van der Waals surface area contributed by atoms with Gasteiger partial charge >= 0.3 is 5.97 Å². The zero-order valence-corrected chi connectivity index (χ0v) is 9.65. The van der Waals surface area contributed by atoms with Crippen LogP contribution in [0.5, 0.6) is 0 Å². The summed E-state index contributed by atoms with van der Waals surface area (Å²) in [7, 11) is 1.30. The standard InChI is InChI=1S/C9H10ClNO3S/c1-14-9(13)6-3-5-15-8(6)11-7(12)2-4-10/h3,5H,2,4H2,1H3,(H,11,12). The van der Waals surface area contributed by atoms with Gasteiger partial charge in [-0.3, -0.25) is 4.79 Å². The molecule has 0 saturated carbocycles. The number of carbonyl (C=O) groups excluding carboxylic acids is 2. The lowest BCUT2D eigenvalue weighted by Crippen LogP contribution is -2.13. The molecule has 0 aliphatic rings. The number of halogens is 1. The van der Waals surface area contributed by atoms with Crippen LogP contribution < -0.4 is 5.32 Å². The van der Waals surface area contributed by atoms with Gasteiger partial charge in [-0.05, 0) is 11.4 Å². The molecule has 6 heteroatoms. The summed E-state index contributed by atoms with van der Waals surface area (Å²) in [5.74, 6) is -0.417. The van der Waals surface area contributed by atoms with Crippen molar-refractivity contribution in [2.75, 3.05) is 18.3 Å². The van der Waals surface area contributed by atoms with Crippen molar-refractivity contribution in [3.05, 3.63) is 17.0 Å². The lowest BCUT2D eigenvalue weighted by atomic mass is 10.3. The quantitative estimate of drug-likeness (QED) is 0.655. The molecule has 0 aromatic carbocycles. The molecule has 0 aliphatic carbocycles. The Hall–Kier alpha value is -1.07. The predicted octanol–water partition coefficient (Wildman–Crippen LogP) is 2.10. The van der Waals surface area contributed by atoms with E-state index in [1.165, 1.54) is 18.4 Å². The van der Waals surface area contributed by atoms with Crippen LogP contribution in [0.25, 0.3) is 0 Å². The molecule has 0 unspecified atom stereocenters. The van der Waals surface area contributed by atoms with Crippen molar-refractivity contribution in [3.8, 4) is 0 Å². The summed E-state index contributed by atoms with van der Waals surface area (Å²) in [4.78, 5) is 22.5. The number of alkyl halides is 1. The highest BCUT2D eigenvalue weighted by Gasteiger charge is 2.14. The predicted molar refractivity (Wildman–Crippen MR) is 59.6 cm³/mol. The van der Waals surface area contributed by atoms with Crippen LogP contribution in [-0.4, -0.2) is 24.9 Å². The third kappa shape index (κ3) is 3.21. The van der Waals surface area contributed by atoms with Crippen LogP contribution in [0, 0.1) is 0 Å². The first-order chi connectivity index (χ1) is 7.19. The molecule has 1 rings (SSSR count). The number of hydrogen-bond donors (Lipinski definition) is 1. The van der Waals surface area contributed by atoms with Crippen molar-refractivity contribution in [1.82, 2.24) is 0 Å². The van der Waals surface area contributed by atoms with E-state index >= 15 is 0 Å². The third-order valence-electron chi connectivity index (χ3n) is 1.65. The van der Waals surface area contributed by atoms with E-state index in [2.05, 4.69) is 10.1 Å². The lowest BCUT2D eigenvalue weighted by Gasteiger charge is -2.03. The smallest absolute Gasteiger partial charge is 0.340 e. The first-order valence-corrected chi connectivity index (χ1v) is 5.62. The van der Waals surface area contributed by atoms with Crippen LogP contribution in [0.3, 0.4) is 0 Å². The number of nitrogens with one attached hydrogen (secondary N) is 1. The summed E-state index contributed by atoms with van der Waals surface area (Å²) < 4.78 is 4.57. The molecule has 0 aliphatic heterocycles. The van der Waals surface area contributed by atoms with Gasteiger partial charge in [-0.25, -0.2) is 4.79 Å². The molecule has 82 valence electrons. The Labute approximate surface area is 96.2 Å². The van der Waals surface area contributed by atoms with Gasteiger partial charge in [0.25, 0.3) is 0 Å². The van der Waals surface area contributed by atoms with Gasteiger partial charge in [-0.15, -0.1) is 22.9 Å². The van der Waals surface area contributed by atoms with Crippen LogP contribution >= 0.6 is 22.9 Å². The van der Waals surface area contributed by atoms with Gasteiger partial charge in [0.05, 0.1) is 12.7 Å². The first-order valence-electron chi connectivity index (χ1n) is 4.20. The molecule has 0 saturated heterocycles. The molecule has 0 radical (unpaired) electrons. The zero-order chi connectivity index (χ0) is 11.3. The molecular weight excluding hydrogens is 238 g/mol. The zero-order valence-electron chi connectivity index (χ0n) is 8.08. The molecule has 0 atom stereocenters. The molecule has 15 heavy (non-hydrogen) atoms. The molecule has 1 aromatic rings. The Bertz CT molecular complexity index is 364. The van der Waals surface area contributed by atoms with E-state index in [0.29, 0.717) is 10.6 Å². The molecule has 1 amide bonds. The number of thiophene rings is 1. The maximum atomic E-state index is 11.2. The van der Waals surface area contributed by atoms with Gasteiger partial charge in [-0.1, -0.05) is 0 Å². The van der Waals surface area contributed by atoms with E-state index in [0.717, 1.165) is 0 Å². The SMILES string of the molecule is COC(=O)c1ccsc1NC(=O)CCCl. The molecule has 4 nitrogen and oxygen atoms in total. The summed E-state index contributed by atoms with van der Waals surface area (Å²) in [6, 6.07) is 1.60. The minimum absolute atomic E-state index is 0.211. The molecule has 0 spiro atoms. The first kappa shape index (κ1) is 12.0. The van der Waals surface area contributed by atoms with E-state index in [-0.39, 0.29) is 18.2 Å². The molecule has 1 heterocycles. The van der Waals surface area contributed by atoms with Crippen LogP contribution in [-0.2, 0) is 9.53 Å². The number of esters is 1. The van der Waals surface area contributed by atoms with Crippen molar-refractivity contribution < 1.29 is 14.3 Å². The third-order valence-corrected chi connectivity index (χ3v) is 2.66. The molecule has 0 bridgehead atoms. The maximum absolute atomic E-state index is 11.2. The fraction of sp³-hybridized carbons (Fsp3) is 0.333. The highest BCUT2D eigenvalue weighted by atomic mass is 35.5. The van der Waals surface area contributed by atoms with E-state index in [1.54, 1.807) is 11.4 Å². The Kier molecular flexibility index (Phi) is 4.58. The molecule has 1 N–H and O–H groups in total. The van der Waals surface area contributed by atoms with E-state index < -0.39 is 5.97 Å². The second-order valence-electron chi connectivity index (χ2n) is 2.64. The summed E-state index contributed by atoms with van der Waals surface area (Å²) in [5.41, 5.74) is 0.366. The number of anilines is 1. The molecular formula is C9H10ClNO3S.